The Bertz CT molecular complexity index is 1380. The van der Waals surface area contributed by atoms with Gasteiger partial charge < -0.3 is 15.2 Å². The van der Waals surface area contributed by atoms with Gasteiger partial charge in [-0.2, -0.15) is 0 Å². The van der Waals surface area contributed by atoms with Crippen LogP contribution in [-0.2, 0) is 23.9 Å². The topological polar surface area (TPSA) is 110 Å². The maximum absolute atomic E-state index is 14.2. The predicted molar refractivity (Wildman–Crippen MR) is 183 cm³/mol. The van der Waals surface area contributed by atoms with Gasteiger partial charge in [-0.05, 0) is 137 Å². The Morgan fingerprint density at radius 3 is 2.09 bits per heavy atom. The lowest BCUT2D eigenvalue weighted by atomic mass is 9.33. The zero-order valence-electron chi connectivity index (χ0n) is 31.4. The molecule has 0 aromatic heterocycles. The Morgan fingerprint density at radius 2 is 1.51 bits per heavy atom. The number of fused-ring (bicyclic) bond motifs is 7. The van der Waals surface area contributed by atoms with Crippen LogP contribution in [-0.4, -0.2) is 40.4 Å². The summed E-state index contributed by atoms with van der Waals surface area (Å²) in [6, 6.07) is 0. The molecule has 0 bridgehead atoms. The number of carbonyl (C=O) groups is 4. The molecule has 0 aromatic rings. The van der Waals surface area contributed by atoms with Crippen LogP contribution in [0.3, 0.4) is 0 Å². The fourth-order valence-corrected chi connectivity index (χ4v) is 12.2. The Kier molecular flexibility index (Phi) is 8.58. The number of esters is 1. The summed E-state index contributed by atoms with van der Waals surface area (Å²) in [4.78, 5) is 52.8. The largest absolute Gasteiger partial charge is 0.481 e. The summed E-state index contributed by atoms with van der Waals surface area (Å²) in [6.07, 6.45) is 7.50. The number of hydrogen-bond donors (Lipinski definition) is 2. The van der Waals surface area contributed by atoms with Crippen molar-refractivity contribution in [2.24, 2.45) is 56.2 Å². The Labute approximate surface area is 283 Å². The van der Waals surface area contributed by atoms with Gasteiger partial charge in [0.15, 0.2) is 5.78 Å². The van der Waals surface area contributed by atoms with Gasteiger partial charge in [0.05, 0.1) is 17.3 Å². The van der Waals surface area contributed by atoms with Gasteiger partial charge in [0.2, 0.25) is 5.91 Å². The summed E-state index contributed by atoms with van der Waals surface area (Å²) in [5.41, 5.74) is -0.334. The van der Waals surface area contributed by atoms with E-state index in [1.807, 2.05) is 20.8 Å². The molecule has 0 aliphatic heterocycles. The SMILES string of the molecule is CC(C)C1=C2[C@H]3CCC4[C@@]5(C)CC[C@H](OC(=O)CC(C)(C)C(=O)O)C(C)(C)C5CC[C@@]4(C)[C@]3(C)CC[C@@]2(C(=O)NC(C)(C)C)CC1=O. The smallest absolute Gasteiger partial charge is 0.309 e. The van der Waals surface area contributed by atoms with Gasteiger partial charge in [-0.1, -0.05) is 48.5 Å². The molecule has 1 amide bonds. The number of carbonyl (C=O) groups excluding carboxylic acids is 3. The van der Waals surface area contributed by atoms with E-state index in [2.05, 4.69) is 53.8 Å². The van der Waals surface area contributed by atoms with Crippen LogP contribution in [0, 0.1) is 56.2 Å². The number of nitrogens with one attached hydrogen (secondary N) is 1. The molecule has 264 valence electrons. The Balaban J connectivity index is 1.47. The molecular weight excluding hydrogens is 590 g/mol. The van der Waals surface area contributed by atoms with Crippen LogP contribution < -0.4 is 5.32 Å². The highest BCUT2D eigenvalue weighted by molar-refractivity contribution is 6.07. The van der Waals surface area contributed by atoms with E-state index in [-0.39, 0.29) is 63.2 Å². The molecule has 0 heterocycles. The zero-order chi connectivity index (χ0) is 35.3. The van der Waals surface area contributed by atoms with Crippen molar-refractivity contribution < 1.29 is 29.0 Å². The first-order chi connectivity index (χ1) is 21.4. The molecule has 2 N–H and O–H groups in total. The number of amides is 1. The molecule has 4 saturated carbocycles. The summed E-state index contributed by atoms with van der Waals surface area (Å²) in [6.45, 7) is 25.5. The lowest BCUT2D eigenvalue weighted by molar-refractivity contribution is -0.233. The van der Waals surface area contributed by atoms with E-state index in [1.54, 1.807) is 13.8 Å². The lowest BCUT2D eigenvalue weighted by Gasteiger charge is -2.72. The molecule has 2 unspecified atom stereocenters. The van der Waals surface area contributed by atoms with Crippen molar-refractivity contribution in [2.45, 2.75) is 159 Å². The summed E-state index contributed by atoms with van der Waals surface area (Å²) in [5.74, 6) is -0.0669. The van der Waals surface area contributed by atoms with Gasteiger partial charge in [0, 0.05) is 17.4 Å². The molecule has 5 aliphatic carbocycles. The quantitative estimate of drug-likeness (QED) is 0.279. The summed E-state index contributed by atoms with van der Waals surface area (Å²) in [7, 11) is 0. The summed E-state index contributed by atoms with van der Waals surface area (Å²) in [5, 5.41) is 12.9. The first-order valence-corrected chi connectivity index (χ1v) is 18.4. The molecule has 7 nitrogen and oxygen atoms in total. The monoisotopic (exact) mass is 653 g/mol. The van der Waals surface area contributed by atoms with Gasteiger partial charge in [-0.3, -0.25) is 19.2 Å². The molecule has 47 heavy (non-hydrogen) atoms. The van der Waals surface area contributed by atoms with E-state index in [9.17, 15) is 24.3 Å². The number of carboxylic acids is 1. The molecule has 7 heteroatoms. The number of carboxylic acid groups (broad SMARTS) is 1. The van der Waals surface area contributed by atoms with Crippen molar-refractivity contribution in [3.63, 3.8) is 0 Å². The second-order valence-electron chi connectivity index (χ2n) is 19.7. The number of Topliss-reactive ketones (excluding diaryl/α,β-unsaturated/α-hetero) is 1. The third-order valence-corrected chi connectivity index (χ3v) is 14.7. The second kappa shape index (κ2) is 11.2. The average Bonchev–Trinajstić information content (AvgIpc) is 3.23. The number of ketones is 1. The molecule has 0 saturated heterocycles. The molecule has 0 aromatic carbocycles. The van der Waals surface area contributed by atoms with Crippen LogP contribution in [0.5, 0.6) is 0 Å². The van der Waals surface area contributed by atoms with Gasteiger partial charge in [-0.15, -0.1) is 0 Å². The standard InChI is InChI=1S/C40H63NO6/c1-23(2)30-25(42)21-40(32(44)41-34(3,4)5)20-19-38(11)24(31(30)40)13-14-27-37(10)17-16-28(47-29(43)22-35(6,7)33(45)46)36(8,9)26(37)15-18-39(27,38)12/h23-24,26-28H,13-22H2,1-12H3,(H,41,44)(H,45,46)/t24-,26?,27?,28+,37+,38-,39-,40-/m1/s1. The van der Waals surface area contributed by atoms with E-state index in [1.165, 1.54) is 5.57 Å². The van der Waals surface area contributed by atoms with E-state index in [0.29, 0.717) is 18.3 Å². The van der Waals surface area contributed by atoms with Gasteiger partial charge in [-0.25, -0.2) is 0 Å². The van der Waals surface area contributed by atoms with Crippen LogP contribution in [0.25, 0.3) is 0 Å². The number of ether oxygens (including phenoxy) is 1. The van der Waals surface area contributed by atoms with E-state index < -0.39 is 22.8 Å². The molecule has 5 rings (SSSR count). The number of rotatable bonds is 6. The van der Waals surface area contributed by atoms with E-state index >= 15 is 0 Å². The van der Waals surface area contributed by atoms with Gasteiger partial charge in [0.1, 0.15) is 6.10 Å². The summed E-state index contributed by atoms with van der Waals surface area (Å²) >= 11 is 0. The van der Waals surface area contributed by atoms with Crippen molar-refractivity contribution in [3.8, 4) is 0 Å². The zero-order valence-corrected chi connectivity index (χ0v) is 31.4. The van der Waals surface area contributed by atoms with Crippen molar-refractivity contribution in [3.05, 3.63) is 11.1 Å². The number of allylic oxidation sites excluding steroid dienone is 1. The minimum absolute atomic E-state index is 0.0363. The highest BCUT2D eigenvalue weighted by Crippen LogP contribution is 2.76. The van der Waals surface area contributed by atoms with Crippen LogP contribution in [0.2, 0.25) is 0 Å². The summed E-state index contributed by atoms with van der Waals surface area (Å²) < 4.78 is 6.13. The van der Waals surface area contributed by atoms with E-state index in [0.717, 1.165) is 56.9 Å². The second-order valence-corrected chi connectivity index (χ2v) is 19.7. The molecule has 5 aliphatic rings. The third kappa shape index (κ3) is 5.34. The van der Waals surface area contributed by atoms with Crippen molar-refractivity contribution in [2.75, 3.05) is 0 Å². The minimum atomic E-state index is -1.16. The first-order valence-electron chi connectivity index (χ1n) is 18.4. The molecular formula is C40H63NO6. The fourth-order valence-electron chi connectivity index (χ4n) is 12.2. The molecule has 4 fully saturated rings. The van der Waals surface area contributed by atoms with Crippen molar-refractivity contribution in [1.29, 1.82) is 0 Å². The van der Waals surface area contributed by atoms with Crippen LogP contribution >= 0.6 is 0 Å². The first kappa shape index (κ1) is 36.1. The van der Waals surface area contributed by atoms with Crippen LogP contribution in [0.15, 0.2) is 11.1 Å². The van der Waals surface area contributed by atoms with Crippen LogP contribution in [0.1, 0.15) is 147 Å². The highest BCUT2D eigenvalue weighted by atomic mass is 16.5. The predicted octanol–water partition coefficient (Wildman–Crippen LogP) is 8.29. The highest BCUT2D eigenvalue weighted by Gasteiger charge is 2.71. The van der Waals surface area contributed by atoms with Crippen molar-refractivity contribution >= 4 is 23.6 Å². The maximum Gasteiger partial charge on any atom is 0.309 e. The molecule has 8 atom stereocenters. The van der Waals surface area contributed by atoms with E-state index in [4.69, 9.17) is 4.74 Å². The Morgan fingerprint density at radius 1 is 0.872 bits per heavy atom. The number of hydrogen-bond acceptors (Lipinski definition) is 5. The fraction of sp³-hybridized carbons (Fsp3) is 0.850. The van der Waals surface area contributed by atoms with Crippen molar-refractivity contribution in [1.82, 2.24) is 5.32 Å². The molecule has 0 radical (unpaired) electrons. The average molecular weight is 654 g/mol. The van der Waals surface area contributed by atoms with Crippen LogP contribution in [0.4, 0.5) is 0 Å². The van der Waals surface area contributed by atoms with Gasteiger partial charge in [0.25, 0.3) is 0 Å². The minimum Gasteiger partial charge on any atom is -0.481 e. The Hall–Kier alpha value is -2.18. The lowest BCUT2D eigenvalue weighted by Crippen LogP contribution is -2.66. The third-order valence-electron chi connectivity index (χ3n) is 14.7. The maximum atomic E-state index is 14.2. The normalized spacial score (nSPS) is 39.8. The molecule has 0 spiro atoms. The number of aliphatic carboxylic acids is 1. The van der Waals surface area contributed by atoms with Gasteiger partial charge >= 0.3 is 11.9 Å².